The highest BCUT2D eigenvalue weighted by Crippen LogP contribution is 2.36. The van der Waals surface area contributed by atoms with Gasteiger partial charge in [0, 0.05) is 0 Å². The standard InChI is InChI=1S/C9H11BrO3/c1-5(11)6-3-7(10)9(12)8(4-6)13-2/h3-5,11-12H,1-2H3. The molecule has 0 saturated heterocycles. The van der Waals surface area contributed by atoms with E-state index in [1.807, 2.05) is 0 Å². The van der Waals surface area contributed by atoms with Crippen molar-refractivity contribution in [2.24, 2.45) is 0 Å². The van der Waals surface area contributed by atoms with Gasteiger partial charge in [0.1, 0.15) is 0 Å². The molecule has 0 spiro atoms. The van der Waals surface area contributed by atoms with E-state index in [2.05, 4.69) is 15.9 Å². The first-order valence-electron chi connectivity index (χ1n) is 3.80. The maximum atomic E-state index is 9.45. The SMILES string of the molecule is COc1cc(C(C)O)cc(Br)c1O. The van der Waals surface area contributed by atoms with Gasteiger partial charge in [0.15, 0.2) is 11.5 Å². The number of phenolic OH excluding ortho intramolecular Hbond substituents is 1. The van der Waals surface area contributed by atoms with Crippen LogP contribution in [0.15, 0.2) is 16.6 Å². The van der Waals surface area contributed by atoms with Crippen LogP contribution in [-0.4, -0.2) is 17.3 Å². The van der Waals surface area contributed by atoms with Gasteiger partial charge in [-0.05, 0) is 40.5 Å². The summed E-state index contributed by atoms with van der Waals surface area (Å²) in [5.74, 6) is 0.400. The summed E-state index contributed by atoms with van der Waals surface area (Å²) in [5.41, 5.74) is 0.696. The van der Waals surface area contributed by atoms with Gasteiger partial charge < -0.3 is 14.9 Å². The number of hydrogen-bond acceptors (Lipinski definition) is 3. The van der Waals surface area contributed by atoms with Gasteiger partial charge in [-0.2, -0.15) is 0 Å². The van der Waals surface area contributed by atoms with Crippen molar-refractivity contribution in [1.29, 1.82) is 0 Å². The first-order valence-corrected chi connectivity index (χ1v) is 4.60. The summed E-state index contributed by atoms with van der Waals surface area (Å²) in [6.45, 7) is 1.65. The van der Waals surface area contributed by atoms with Crippen LogP contribution < -0.4 is 4.74 Å². The van der Waals surface area contributed by atoms with Crippen LogP contribution in [0.1, 0.15) is 18.6 Å². The van der Waals surface area contributed by atoms with Crippen molar-refractivity contribution in [2.75, 3.05) is 7.11 Å². The van der Waals surface area contributed by atoms with Gasteiger partial charge in [-0.25, -0.2) is 0 Å². The zero-order chi connectivity index (χ0) is 10.0. The molecule has 3 nitrogen and oxygen atoms in total. The Balaban J connectivity index is 3.22. The van der Waals surface area contributed by atoms with E-state index in [9.17, 15) is 10.2 Å². The Kier molecular flexibility index (Phi) is 3.17. The predicted molar refractivity (Wildman–Crippen MR) is 53.0 cm³/mol. The van der Waals surface area contributed by atoms with Crippen molar-refractivity contribution in [2.45, 2.75) is 13.0 Å². The van der Waals surface area contributed by atoms with Crippen LogP contribution in [0.25, 0.3) is 0 Å². The average Bonchev–Trinajstić information content (AvgIpc) is 2.09. The smallest absolute Gasteiger partial charge is 0.172 e. The van der Waals surface area contributed by atoms with E-state index in [-0.39, 0.29) is 5.75 Å². The molecule has 0 aliphatic rings. The van der Waals surface area contributed by atoms with E-state index >= 15 is 0 Å². The van der Waals surface area contributed by atoms with Gasteiger partial charge in [-0.1, -0.05) is 0 Å². The quantitative estimate of drug-likeness (QED) is 0.842. The number of methoxy groups -OCH3 is 1. The highest BCUT2D eigenvalue weighted by Gasteiger charge is 2.10. The first-order chi connectivity index (χ1) is 6.06. The number of rotatable bonds is 2. The van der Waals surface area contributed by atoms with Crippen molar-refractivity contribution in [3.63, 3.8) is 0 Å². The van der Waals surface area contributed by atoms with Crippen LogP contribution >= 0.6 is 15.9 Å². The molecule has 1 rings (SSSR count). The number of hydrogen-bond donors (Lipinski definition) is 2. The van der Waals surface area contributed by atoms with Crippen molar-refractivity contribution >= 4 is 15.9 Å². The topological polar surface area (TPSA) is 49.7 Å². The van der Waals surface area contributed by atoms with Crippen LogP contribution in [-0.2, 0) is 0 Å². The number of ether oxygens (including phenoxy) is 1. The highest BCUT2D eigenvalue weighted by molar-refractivity contribution is 9.10. The van der Waals surface area contributed by atoms with E-state index in [4.69, 9.17) is 4.74 Å². The third-order valence-corrected chi connectivity index (χ3v) is 2.36. The second kappa shape index (κ2) is 3.98. The van der Waals surface area contributed by atoms with Gasteiger partial charge in [0.05, 0.1) is 17.7 Å². The molecule has 72 valence electrons. The first kappa shape index (κ1) is 10.3. The largest absolute Gasteiger partial charge is 0.503 e. The second-order valence-corrected chi connectivity index (χ2v) is 3.58. The lowest BCUT2D eigenvalue weighted by Gasteiger charge is -2.10. The fraction of sp³-hybridized carbons (Fsp3) is 0.333. The van der Waals surface area contributed by atoms with Gasteiger partial charge in [-0.3, -0.25) is 0 Å². The van der Waals surface area contributed by atoms with E-state index in [0.717, 1.165) is 0 Å². The zero-order valence-electron chi connectivity index (χ0n) is 7.41. The Bertz CT molecular complexity index is 310. The third-order valence-electron chi connectivity index (χ3n) is 1.75. The van der Waals surface area contributed by atoms with Crippen LogP contribution in [0.3, 0.4) is 0 Å². The molecular weight excluding hydrogens is 236 g/mol. The Labute approximate surface area is 85.1 Å². The number of aliphatic hydroxyl groups excluding tert-OH is 1. The van der Waals surface area contributed by atoms with E-state index < -0.39 is 6.10 Å². The van der Waals surface area contributed by atoms with Crippen molar-refractivity contribution in [1.82, 2.24) is 0 Å². The minimum Gasteiger partial charge on any atom is -0.503 e. The summed E-state index contributed by atoms with van der Waals surface area (Å²) in [5, 5.41) is 18.8. The maximum absolute atomic E-state index is 9.45. The van der Waals surface area contributed by atoms with Crippen LogP contribution in [0, 0.1) is 0 Å². The van der Waals surface area contributed by atoms with Crippen LogP contribution in [0.4, 0.5) is 0 Å². The number of phenols is 1. The molecule has 0 saturated carbocycles. The summed E-state index contributed by atoms with van der Waals surface area (Å²) < 4.78 is 5.44. The molecule has 0 aromatic heterocycles. The van der Waals surface area contributed by atoms with E-state index in [0.29, 0.717) is 15.8 Å². The molecule has 0 aliphatic carbocycles. The van der Waals surface area contributed by atoms with Crippen molar-refractivity contribution < 1.29 is 14.9 Å². The molecule has 1 atom stereocenters. The Morgan fingerprint density at radius 2 is 2.08 bits per heavy atom. The lowest BCUT2D eigenvalue weighted by Crippen LogP contribution is -1.93. The Hall–Kier alpha value is -0.740. The maximum Gasteiger partial charge on any atom is 0.172 e. The number of benzene rings is 1. The lowest BCUT2D eigenvalue weighted by atomic mass is 10.1. The number of aromatic hydroxyl groups is 1. The molecule has 0 heterocycles. The molecule has 0 fully saturated rings. The summed E-state index contributed by atoms with van der Waals surface area (Å²) in [6.07, 6.45) is -0.578. The molecule has 0 bridgehead atoms. The molecule has 1 unspecified atom stereocenters. The summed E-state index contributed by atoms with van der Waals surface area (Å²) >= 11 is 3.16. The average molecular weight is 247 g/mol. The minimum absolute atomic E-state index is 0.0481. The highest BCUT2D eigenvalue weighted by atomic mass is 79.9. The third kappa shape index (κ3) is 2.14. The lowest BCUT2D eigenvalue weighted by molar-refractivity contribution is 0.198. The summed E-state index contributed by atoms with van der Waals surface area (Å²) in [6, 6.07) is 3.26. The van der Waals surface area contributed by atoms with Crippen LogP contribution in [0.5, 0.6) is 11.5 Å². The molecule has 0 amide bonds. The normalized spacial score (nSPS) is 12.6. The molecular formula is C9H11BrO3. The number of aliphatic hydroxyl groups is 1. The molecule has 0 radical (unpaired) electrons. The summed E-state index contributed by atoms with van der Waals surface area (Å²) in [4.78, 5) is 0. The van der Waals surface area contributed by atoms with E-state index in [1.54, 1.807) is 19.1 Å². The monoisotopic (exact) mass is 246 g/mol. The van der Waals surface area contributed by atoms with Gasteiger partial charge in [0.2, 0.25) is 0 Å². The molecule has 4 heteroatoms. The van der Waals surface area contributed by atoms with Gasteiger partial charge in [0.25, 0.3) is 0 Å². The van der Waals surface area contributed by atoms with Crippen molar-refractivity contribution in [3.8, 4) is 11.5 Å². The molecule has 2 N–H and O–H groups in total. The molecule has 13 heavy (non-hydrogen) atoms. The molecule has 1 aromatic rings. The van der Waals surface area contributed by atoms with Gasteiger partial charge in [-0.15, -0.1) is 0 Å². The number of halogens is 1. The van der Waals surface area contributed by atoms with Gasteiger partial charge >= 0.3 is 0 Å². The fourth-order valence-corrected chi connectivity index (χ4v) is 1.45. The predicted octanol–water partition coefficient (Wildman–Crippen LogP) is 2.22. The zero-order valence-corrected chi connectivity index (χ0v) is 9.00. The molecule has 1 aromatic carbocycles. The second-order valence-electron chi connectivity index (χ2n) is 2.73. The molecule has 0 aliphatic heterocycles. The summed E-state index contributed by atoms with van der Waals surface area (Å²) in [7, 11) is 1.47. The fourth-order valence-electron chi connectivity index (χ4n) is 0.991. The van der Waals surface area contributed by atoms with Crippen molar-refractivity contribution in [3.05, 3.63) is 22.2 Å². The Morgan fingerprint density at radius 3 is 2.54 bits per heavy atom. The van der Waals surface area contributed by atoms with Crippen LogP contribution in [0.2, 0.25) is 0 Å². The Morgan fingerprint density at radius 1 is 1.46 bits per heavy atom. The minimum atomic E-state index is -0.578. The van der Waals surface area contributed by atoms with E-state index in [1.165, 1.54) is 7.11 Å².